The molecule has 1 saturated heterocycles. The first-order valence-corrected chi connectivity index (χ1v) is 10.5. The van der Waals surface area contributed by atoms with E-state index < -0.39 is 0 Å². The third-order valence-electron chi connectivity index (χ3n) is 5.31. The number of carbonyl (C=O) groups excluding carboxylic acids is 2. The summed E-state index contributed by atoms with van der Waals surface area (Å²) in [5.74, 6) is 0.201. The molecule has 29 heavy (non-hydrogen) atoms. The van der Waals surface area contributed by atoms with Crippen molar-refractivity contribution in [2.45, 2.75) is 19.3 Å². The Kier molecular flexibility index (Phi) is 7.67. The lowest BCUT2D eigenvalue weighted by Gasteiger charge is -2.30. The number of nitrogens with zero attached hydrogens (tertiary/aromatic N) is 2. The van der Waals surface area contributed by atoms with Gasteiger partial charge in [0.15, 0.2) is 0 Å². The first-order valence-electron chi connectivity index (χ1n) is 10.1. The molecule has 0 saturated carbocycles. The van der Waals surface area contributed by atoms with E-state index >= 15 is 0 Å². The minimum atomic E-state index is -0.0717. The van der Waals surface area contributed by atoms with Crippen LogP contribution < -0.4 is 5.32 Å². The number of piperazine rings is 1. The van der Waals surface area contributed by atoms with Crippen LogP contribution in [0, 0.1) is 0 Å². The van der Waals surface area contributed by atoms with Crippen LogP contribution in [0.5, 0.6) is 0 Å². The lowest BCUT2D eigenvalue weighted by atomic mass is 10.00. The summed E-state index contributed by atoms with van der Waals surface area (Å²) in [5, 5.41) is 3.85. The highest BCUT2D eigenvalue weighted by Gasteiger charge is 2.22. The fourth-order valence-electron chi connectivity index (χ4n) is 3.57. The molecule has 1 atom stereocenters. The molecule has 0 radical (unpaired) electrons. The van der Waals surface area contributed by atoms with Crippen molar-refractivity contribution < 1.29 is 9.59 Å². The van der Waals surface area contributed by atoms with E-state index in [1.165, 1.54) is 5.56 Å². The van der Waals surface area contributed by atoms with Gasteiger partial charge >= 0.3 is 0 Å². The van der Waals surface area contributed by atoms with Gasteiger partial charge in [0.2, 0.25) is 5.91 Å². The highest BCUT2D eigenvalue weighted by Crippen LogP contribution is 2.19. The van der Waals surface area contributed by atoms with Crippen LogP contribution in [0.25, 0.3) is 0 Å². The fourth-order valence-corrected chi connectivity index (χ4v) is 3.70. The van der Waals surface area contributed by atoms with Gasteiger partial charge in [-0.15, -0.1) is 0 Å². The Morgan fingerprint density at radius 1 is 1.07 bits per heavy atom. The Hall–Kier alpha value is -2.37. The van der Waals surface area contributed by atoms with Crippen molar-refractivity contribution in [2.75, 3.05) is 39.3 Å². The number of rotatable bonds is 7. The van der Waals surface area contributed by atoms with Crippen molar-refractivity contribution in [2.24, 2.45) is 0 Å². The zero-order chi connectivity index (χ0) is 20.6. The van der Waals surface area contributed by atoms with E-state index in [1.54, 1.807) is 29.2 Å². The fraction of sp³-hybridized carbons (Fsp3) is 0.391. The number of hydrogen-bond donors (Lipinski definition) is 1. The Labute approximate surface area is 177 Å². The maximum atomic E-state index is 13.2. The first kappa shape index (κ1) is 21.3. The molecule has 1 aliphatic rings. The van der Waals surface area contributed by atoms with Crippen LogP contribution in [0.3, 0.4) is 0 Å². The third kappa shape index (κ3) is 6.05. The number of halogens is 1. The Morgan fingerprint density at radius 2 is 1.72 bits per heavy atom. The van der Waals surface area contributed by atoms with Gasteiger partial charge in [0.05, 0.1) is 0 Å². The summed E-state index contributed by atoms with van der Waals surface area (Å²) in [6.07, 6.45) is 0.334. The van der Waals surface area contributed by atoms with Crippen molar-refractivity contribution >= 4 is 23.4 Å². The number of nitrogens with one attached hydrogen (secondary N) is 1. The average molecular weight is 414 g/mol. The summed E-state index contributed by atoms with van der Waals surface area (Å²) < 4.78 is 0. The number of carbonyl (C=O) groups is 2. The van der Waals surface area contributed by atoms with Gasteiger partial charge < -0.3 is 15.1 Å². The molecule has 0 aromatic heterocycles. The lowest BCUT2D eigenvalue weighted by molar-refractivity contribution is -0.131. The Bertz CT molecular complexity index is 805. The van der Waals surface area contributed by atoms with Crippen molar-refractivity contribution in [3.05, 3.63) is 70.7 Å². The smallest absolute Gasteiger partial charge is 0.253 e. The third-order valence-corrected chi connectivity index (χ3v) is 5.56. The quantitative estimate of drug-likeness (QED) is 0.756. The second-order valence-corrected chi connectivity index (χ2v) is 7.89. The van der Waals surface area contributed by atoms with Crippen LogP contribution in [-0.2, 0) is 4.79 Å². The molecule has 1 aliphatic heterocycles. The number of amides is 2. The molecule has 6 heteroatoms. The topological polar surface area (TPSA) is 52.7 Å². The van der Waals surface area contributed by atoms with Crippen LogP contribution in [0.4, 0.5) is 0 Å². The van der Waals surface area contributed by atoms with Gasteiger partial charge in [-0.2, -0.15) is 0 Å². The second kappa shape index (κ2) is 10.4. The van der Waals surface area contributed by atoms with E-state index in [2.05, 4.69) is 24.4 Å². The maximum Gasteiger partial charge on any atom is 0.253 e. The lowest BCUT2D eigenvalue weighted by Crippen LogP contribution is -2.47. The Balaban J connectivity index is 1.70. The monoisotopic (exact) mass is 413 g/mol. The second-order valence-electron chi connectivity index (χ2n) is 7.45. The van der Waals surface area contributed by atoms with Gasteiger partial charge in [-0.1, -0.05) is 48.9 Å². The van der Waals surface area contributed by atoms with Gasteiger partial charge in [-0.25, -0.2) is 0 Å². The number of hydrogen-bond acceptors (Lipinski definition) is 3. The molecular weight excluding hydrogens is 386 g/mol. The molecule has 3 rings (SSSR count). The molecule has 2 amide bonds. The van der Waals surface area contributed by atoms with E-state index in [0.29, 0.717) is 30.1 Å². The van der Waals surface area contributed by atoms with Crippen LogP contribution in [0.1, 0.15) is 35.2 Å². The predicted molar refractivity (Wildman–Crippen MR) is 116 cm³/mol. The van der Waals surface area contributed by atoms with E-state index in [1.807, 2.05) is 23.1 Å². The van der Waals surface area contributed by atoms with E-state index in [0.717, 1.165) is 26.2 Å². The average Bonchev–Trinajstić information content (AvgIpc) is 2.77. The summed E-state index contributed by atoms with van der Waals surface area (Å²) in [6, 6.07) is 17.1. The summed E-state index contributed by atoms with van der Waals surface area (Å²) in [4.78, 5) is 29.4. The molecule has 154 valence electrons. The SMILES string of the molecule is CC(CN(CCC(=O)N1CCNCC1)C(=O)c1ccc(Cl)cc1)c1ccccc1. The standard InChI is InChI=1S/C23H28ClN3O2/c1-18(19-5-3-2-4-6-19)17-27(23(29)20-7-9-21(24)10-8-20)14-11-22(28)26-15-12-25-13-16-26/h2-10,18,25H,11-17H2,1H3. The van der Waals surface area contributed by atoms with Crippen molar-refractivity contribution in [1.82, 2.24) is 15.1 Å². The molecule has 0 bridgehead atoms. The normalized spacial score (nSPS) is 15.0. The van der Waals surface area contributed by atoms with E-state index in [4.69, 9.17) is 11.6 Å². The molecule has 2 aromatic rings. The van der Waals surface area contributed by atoms with Crippen LogP contribution >= 0.6 is 11.6 Å². The predicted octanol–water partition coefficient (Wildman–Crippen LogP) is 3.41. The van der Waals surface area contributed by atoms with Crippen LogP contribution in [0.15, 0.2) is 54.6 Å². The molecular formula is C23H28ClN3O2. The van der Waals surface area contributed by atoms with Gasteiger partial charge in [0, 0.05) is 56.3 Å². The van der Waals surface area contributed by atoms with Gasteiger partial charge in [0.1, 0.15) is 0 Å². The zero-order valence-electron chi connectivity index (χ0n) is 16.8. The summed E-state index contributed by atoms with van der Waals surface area (Å²) in [6.45, 7) is 6.17. The molecule has 0 aliphatic carbocycles. The molecule has 0 spiro atoms. The van der Waals surface area contributed by atoms with Crippen molar-refractivity contribution in [3.63, 3.8) is 0 Å². The maximum absolute atomic E-state index is 13.2. The molecule has 1 heterocycles. The van der Waals surface area contributed by atoms with Gasteiger partial charge in [-0.05, 0) is 35.7 Å². The Morgan fingerprint density at radius 3 is 2.38 bits per heavy atom. The first-order chi connectivity index (χ1) is 14.0. The zero-order valence-corrected chi connectivity index (χ0v) is 17.6. The highest BCUT2D eigenvalue weighted by molar-refractivity contribution is 6.30. The summed E-state index contributed by atoms with van der Waals surface area (Å²) >= 11 is 5.97. The van der Waals surface area contributed by atoms with Crippen LogP contribution in [-0.4, -0.2) is 60.9 Å². The summed E-state index contributed by atoms with van der Waals surface area (Å²) in [7, 11) is 0. The molecule has 1 fully saturated rings. The van der Waals surface area contributed by atoms with Gasteiger partial charge in [-0.3, -0.25) is 9.59 Å². The number of benzene rings is 2. The molecule has 1 N–H and O–H groups in total. The minimum Gasteiger partial charge on any atom is -0.340 e. The molecule has 1 unspecified atom stereocenters. The molecule has 2 aromatic carbocycles. The highest BCUT2D eigenvalue weighted by atomic mass is 35.5. The van der Waals surface area contributed by atoms with E-state index in [9.17, 15) is 9.59 Å². The van der Waals surface area contributed by atoms with Crippen LogP contribution in [0.2, 0.25) is 5.02 Å². The van der Waals surface area contributed by atoms with Crippen molar-refractivity contribution in [3.8, 4) is 0 Å². The van der Waals surface area contributed by atoms with E-state index in [-0.39, 0.29) is 17.7 Å². The largest absolute Gasteiger partial charge is 0.340 e. The molecule has 5 nitrogen and oxygen atoms in total. The summed E-state index contributed by atoms with van der Waals surface area (Å²) in [5.41, 5.74) is 1.76. The van der Waals surface area contributed by atoms with Gasteiger partial charge in [0.25, 0.3) is 5.91 Å². The van der Waals surface area contributed by atoms with Crippen molar-refractivity contribution in [1.29, 1.82) is 0 Å². The minimum absolute atomic E-state index is 0.0717.